The van der Waals surface area contributed by atoms with Gasteiger partial charge in [-0.05, 0) is 127 Å². The van der Waals surface area contributed by atoms with Crippen molar-refractivity contribution in [3.05, 3.63) is 88.6 Å². The fraction of sp³-hybridized carbons (Fsp3) is 0.458. The van der Waals surface area contributed by atoms with E-state index in [4.69, 9.17) is 14.2 Å². The maximum absolute atomic E-state index is 14.6. The number of methoxy groups -OCH3 is 2. The van der Waals surface area contributed by atoms with Crippen LogP contribution in [-0.4, -0.2) is 59.0 Å². The van der Waals surface area contributed by atoms with Crippen LogP contribution in [-0.2, 0) is 27.2 Å². The minimum atomic E-state index is -0.681. The molecular formula is C48H53NO8. The molecule has 298 valence electrons. The smallest absolute Gasteiger partial charge is 0.318 e. The van der Waals surface area contributed by atoms with E-state index in [0.717, 1.165) is 76.5 Å². The molecule has 2 heterocycles. The summed E-state index contributed by atoms with van der Waals surface area (Å²) in [6, 6.07) is 17.1. The Balaban J connectivity index is 1.27. The molecule has 0 amide bonds. The predicted molar refractivity (Wildman–Crippen MR) is 218 cm³/mol. The van der Waals surface area contributed by atoms with Crippen molar-refractivity contribution < 1.29 is 39.1 Å². The fourth-order valence-corrected chi connectivity index (χ4v) is 10.9. The number of Topliss-reactive ketones (excluding diaryl/α,β-unsaturated/α-hetero) is 1. The number of ether oxygens (including phenoxy) is 3. The van der Waals surface area contributed by atoms with Gasteiger partial charge < -0.3 is 34.5 Å². The Morgan fingerprint density at radius 2 is 1.68 bits per heavy atom. The number of nitrogens with one attached hydrogen (secondary N) is 1. The van der Waals surface area contributed by atoms with Crippen LogP contribution in [0.15, 0.2) is 60.7 Å². The van der Waals surface area contributed by atoms with Crippen LogP contribution >= 0.6 is 0 Å². The largest absolute Gasteiger partial charge is 0.504 e. The summed E-state index contributed by atoms with van der Waals surface area (Å²) < 4.78 is 17.1. The molecule has 8 rings (SSSR count). The second kappa shape index (κ2) is 16.3. The molecule has 1 aromatic heterocycles. The van der Waals surface area contributed by atoms with E-state index < -0.39 is 12.1 Å². The highest BCUT2D eigenvalue weighted by Gasteiger charge is 2.51. The minimum absolute atomic E-state index is 0.00869. The summed E-state index contributed by atoms with van der Waals surface area (Å²) >= 11 is 0. The lowest BCUT2D eigenvalue weighted by Gasteiger charge is -2.50. The summed E-state index contributed by atoms with van der Waals surface area (Å²) in [5, 5.41) is 33.0. The Morgan fingerprint density at radius 3 is 2.47 bits per heavy atom. The molecule has 5 unspecified atom stereocenters. The van der Waals surface area contributed by atoms with Gasteiger partial charge in [0, 0.05) is 42.3 Å². The lowest BCUT2D eigenvalue weighted by Crippen LogP contribution is -2.41. The zero-order valence-electron chi connectivity index (χ0n) is 32.9. The fourth-order valence-electron chi connectivity index (χ4n) is 10.9. The van der Waals surface area contributed by atoms with E-state index in [2.05, 4.69) is 35.0 Å². The Morgan fingerprint density at radius 1 is 0.912 bits per heavy atom. The highest BCUT2D eigenvalue weighted by Crippen LogP contribution is 2.61. The van der Waals surface area contributed by atoms with Crippen molar-refractivity contribution in [1.29, 1.82) is 0 Å². The van der Waals surface area contributed by atoms with Gasteiger partial charge in [-0.2, -0.15) is 0 Å². The van der Waals surface area contributed by atoms with Crippen LogP contribution in [0, 0.1) is 35.0 Å². The van der Waals surface area contributed by atoms with Crippen molar-refractivity contribution >= 4 is 28.2 Å². The van der Waals surface area contributed by atoms with E-state index in [9.17, 15) is 24.9 Å². The van der Waals surface area contributed by atoms with Crippen LogP contribution in [0.1, 0.15) is 104 Å². The molecule has 0 radical (unpaired) electrons. The Labute approximate surface area is 334 Å². The zero-order valence-corrected chi connectivity index (χ0v) is 32.9. The first kappa shape index (κ1) is 38.7. The van der Waals surface area contributed by atoms with E-state index in [1.807, 2.05) is 24.3 Å². The van der Waals surface area contributed by atoms with Crippen molar-refractivity contribution in [2.45, 2.75) is 95.5 Å². The second-order valence-electron chi connectivity index (χ2n) is 16.7. The third-order valence-electron chi connectivity index (χ3n) is 13.5. The second-order valence-corrected chi connectivity index (χ2v) is 16.7. The van der Waals surface area contributed by atoms with Gasteiger partial charge >= 0.3 is 5.97 Å². The number of rotatable bonds is 7. The highest BCUT2D eigenvalue weighted by atomic mass is 16.5. The number of H-pyrrole nitrogens is 1. The average molecular weight is 772 g/mol. The molecule has 1 spiro atoms. The maximum atomic E-state index is 14.6. The standard InChI is InChI=1S/C48H53NO8/c1-55-44-21-29(14-16-42(44)52)13-15-33-24-32(51)25-37-36-23-31(17-20-50)48(18-7-8-19-48)28-30(36)22-40(38-26-43(53)45(56-2)27-39(37)38)47-35(10-4-6-12-46(54)57-33)34-9-3-5-11-41(34)49-47/h3,5,9,11,14,16,21-22,26-27,30-31,33,36-37,49-50,52-53H,7-8,10,12-13,15,17-20,23-25,28H2,1-2H3. The SMILES string of the molecule is COc1cc(CCC2CC(=O)CC3c4cc(OC)c(O)cc4C(=CC4CC5(CCCC5)C(CCO)CC43)c3[nH]c4ccccc4c3CC#CCC(=O)O2)ccc1O. The van der Waals surface area contributed by atoms with Gasteiger partial charge in [0.15, 0.2) is 23.0 Å². The van der Waals surface area contributed by atoms with E-state index in [-0.39, 0.29) is 66.3 Å². The van der Waals surface area contributed by atoms with Gasteiger partial charge in [0.05, 0.1) is 19.9 Å². The van der Waals surface area contributed by atoms with Gasteiger partial charge in [0.2, 0.25) is 0 Å². The molecule has 3 aromatic carbocycles. The van der Waals surface area contributed by atoms with Gasteiger partial charge in [0.25, 0.3) is 0 Å². The quantitative estimate of drug-likeness (QED) is 0.108. The third kappa shape index (κ3) is 7.64. The van der Waals surface area contributed by atoms with Crippen LogP contribution in [0.2, 0.25) is 0 Å². The normalized spacial score (nSPS) is 24.4. The number of fused-ring (bicyclic) bond motifs is 6. The number of phenols is 2. The summed E-state index contributed by atoms with van der Waals surface area (Å²) in [5.74, 6) is 6.96. The van der Waals surface area contributed by atoms with Gasteiger partial charge in [-0.3, -0.25) is 9.59 Å². The first-order valence-corrected chi connectivity index (χ1v) is 20.6. The number of para-hydroxylation sites is 1. The molecule has 4 aliphatic rings. The number of aromatic nitrogens is 1. The summed E-state index contributed by atoms with van der Waals surface area (Å²) in [5.41, 5.74) is 6.75. The highest BCUT2D eigenvalue weighted by molar-refractivity contribution is 5.94. The molecule has 5 atom stereocenters. The van der Waals surface area contributed by atoms with Crippen LogP contribution in [0.5, 0.6) is 23.0 Å². The number of aromatic amines is 1. The number of benzene rings is 3. The molecule has 9 nitrogen and oxygen atoms in total. The number of allylic oxidation sites excluding steroid dienone is 1. The zero-order chi connectivity index (χ0) is 39.7. The summed E-state index contributed by atoms with van der Waals surface area (Å²) in [6.07, 6.45) is 10.4. The molecule has 3 aliphatic carbocycles. The number of aliphatic hydroxyl groups excluding tert-OH is 1. The number of ketones is 1. The molecule has 2 fully saturated rings. The lowest BCUT2D eigenvalue weighted by atomic mass is 9.55. The topological polar surface area (TPSA) is 138 Å². The average Bonchev–Trinajstić information content (AvgIpc) is 3.80. The van der Waals surface area contributed by atoms with E-state index in [0.29, 0.717) is 36.7 Å². The maximum Gasteiger partial charge on any atom is 0.318 e. The summed E-state index contributed by atoms with van der Waals surface area (Å²) in [4.78, 5) is 31.7. The van der Waals surface area contributed by atoms with Crippen LogP contribution in [0.4, 0.5) is 0 Å². The van der Waals surface area contributed by atoms with Crippen LogP contribution in [0.25, 0.3) is 16.5 Å². The van der Waals surface area contributed by atoms with Gasteiger partial charge in [-0.1, -0.05) is 55.0 Å². The third-order valence-corrected chi connectivity index (χ3v) is 13.5. The number of hydrogen-bond acceptors (Lipinski definition) is 8. The van der Waals surface area contributed by atoms with E-state index in [1.165, 1.54) is 20.0 Å². The number of phenolic OH excluding ortho intramolecular Hbond substituents is 2. The molecule has 0 saturated heterocycles. The predicted octanol–water partition coefficient (Wildman–Crippen LogP) is 8.55. The van der Waals surface area contributed by atoms with E-state index in [1.54, 1.807) is 25.3 Å². The molecule has 4 aromatic rings. The van der Waals surface area contributed by atoms with Crippen molar-refractivity contribution in [2.75, 3.05) is 20.8 Å². The Bertz CT molecular complexity index is 2250. The molecule has 57 heavy (non-hydrogen) atoms. The summed E-state index contributed by atoms with van der Waals surface area (Å²) in [7, 11) is 3.05. The van der Waals surface area contributed by atoms with Gasteiger partial charge in [0.1, 0.15) is 18.3 Å². The molecule has 1 aliphatic heterocycles. The molecule has 9 heteroatoms. The number of aromatic hydroxyl groups is 2. The number of aliphatic hydroxyl groups is 1. The lowest BCUT2D eigenvalue weighted by molar-refractivity contribution is -0.149. The molecular weight excluding hydrogens is 719 g/mol. The van der Waals surface area contributed by atoms with Crippen molar-refractivity contribution in [2.24, 2.45) is 23.2 Å². The molecule has 2 saturated carbocycles. The van der Waals surface area contributed by atoms with Crippen molar-refractivity contribution in [1.82, 2.24) is 4.98 Å². The van der Waals surface area contributed by atoms with Crippen LogP contribution < -0.4 is 9.47 Å². The Hall–Kier alpha value is -5.20. The number of aryl methyl sites for hydroxylation is 1. The minimum Gasteiger partial charge on any atom is -0.504 e. The van der Waals surface area contributed by atoms with Crippen molar-refractivity contribution in [3.8, 4) is 34.8 Å². The number of hydrogen-bond donors (Lipinski definition) is 4. The first-order chi connectivity index (χ1) is 27.7. The van der Waals surface area contributed by atoms with Crippen molar-refractivity contribution in [3.63, 3.8) is 0 Å². The number of carbonyl (C=O) groups excluding carboxylic acids is 2. The Kier molecular flexibility index (Phi) is 11.1. The van der Waals surface area contributed by atoms with Gasteiger partial charge in [-0.15, -0.1) is 0 Å². The van der Waals surface area contributed by atoms with E-state index >= 15 is 0 Å². The summed E-state index contributed by atoms with van der Waals surface area (Å²) in [6.45, 7) is 0.131. The van der Waals surface area contributed by atoms with Crippen LogP contribution in [0.3, 0.4) is 0 Å². The molecule has 2 bridgehead atoms. The monoisotopic (exact) mass is 771 g/mol. The number of carbonyl (C=O) groups is 2. The number of esters is 1. The number of cyclic esters (lactones) is 1. The molecule has 4 N–H and O–H groups in total. The van der Waals surface area contributed by atoms with Gasteiger partial charge in [-0.25, -0.2) is 0 Å². The first-order valence-electron chi connectivity index (χ1n) is 20.6.